The largest absolute Gasteiger partial charge is 0.481 e. The topological polar surface area (TPSA) is 81.9 Å². The van der Waals surface area contributed by atoms with Gasteiger partial charge in [0, 0.05) is 35.8 Å². The lowest BCUT2D eigenvalue weighted by molar-refractivity contribution is -0.141. The van der Waals surface area contributed by atoms with E-state index in [2.05, 4.69) is 19.8 Å². The van der Waals surface area contributed by atoms with Crippen LogP contribution in [0.3, 0.4) is 0 Å². The molecule has 7 nitrogen and oxygen atoms in total. The molecule has 3 heterocycles. The smallest absolute Gasteiger partial charge is 0.435 e. The summed E-state index contributed by atoms with van der Waals surface area (Å²) in [5, 5.41) is 6.02. The number of methoxy groups -OCH3 is 1. The van der Waals surface area contributed by atoms with E-state index in [-0.39, 0.29) is 5.69 Å². The number of hydrogen-bond acceptors (Lipinski definition) is 6. The Hall–Kier alpha value is -2.95. The van der Waals surface area contributed by atoms with Gasteiger partial charge in [-0.1, -0.05) is 0 Å². The molecule has 0 saturated heterocycles. The third kappa shape index (κ3) is 4.14. The van der Waals surface area contributed by atoms with Crippen LogP contribution in [0.25, 0.3) is 11.3 Å². The highest BCUT2D eigenvalue weighted by Crippen LogP contribution is 2.29. The van der Waals surface area contributed by atoms with Gasteiger partial charge in [0.2, 0.25) is 5.88 Å². The summed E-state index contributed by atoms with van der Waals surface area (Å²) in [5.41, 5.74) is 0.193. The third-order valence-corrected chi connectivity index (χ3v) is 4.92. The molecule has 1 atom stereocenters. The lowest BCUT2D eigenvalue weighted by atomic mass is 10.1. The van der Waals surface area contributed by atoms with Crippen LogP contribution in [0.15, 0.2) is 30.5 Å². The predicted octanol–water partition coefficient (Wildman–Crippen LogP) is 3.46. The molecule has 0 aromatic carbocycles. The highest BCUT2D eigenvalue weighted by atomic mass is 32.1. The van der Waals surface area contributed by atoms with Crippen LogP contribution in [0.1, 0.15) is 34.0 Å². The van der Waals surface area contributed by atoms with Crippen LogP contribution in [0, 0.1) is 0 Å². The van der Waals surface area contributed by atoms with Crippen molar-refractivity contribution in [2.75, 3.05) is 7.11 Å². The lowest BCUT2D eigenvalue weighted by Crippen LogP contribution is -2.27. The molecule has 0 saturated carbocycles. The summed E-state index contributed by atoms with van der Waals surface area (Å²) >= 11 is 1.19. The van der Waals surface area contributed by atoms with Crippen molar-refractivity contribution in [2.24, 2.45) is 7.05 Å². The number of aryl methyl sites for hydroxylation is 1. The first kappa shape index (κ1) is 19.8. The molecule has 0 aliphatic heterocycles. The van der Waals surface area contributed by atoms with E-state index in [4.69, 9.17) is 4.74 Å². The molecule has 3 aromatic heterocycles. The highest BCUT2D eigenvalue weighted by molar-refractivity contribution is 7.06. The van der Waals surface area contributed by atoms with Gasteiger partial charge in [-0.15, -0.1) is 0 Å². The van der Waals surface area contributed by atoms with Crippen molar-refractivity contribution < 1.29 is 22.7 Å². The molecule has 0 unspecified atom stereocenters. The quantitative estimate of drug-likeness (QED) is 0.695. The van der Waals surface area contributed by atoms with Gasteiger partial charge in [-0.05, 0) is 30.6 Å². The Bertz CT molecular complexity index is 999. The van der Waals surface area contributed by atoms with Gasteiger partial charge in [0.15, 0.2) is 5.69 Å². The van der Waals surface area contributed by atoms with E-state index in [1.807, 2.05) is 0 Å². The van der Waals surface area contributed by atoms with Crippen molar-refractivity contribution in [2.45, 2.75) is 19.1 Å². The number of ether oxygens (including phenoxy) is 1. The van der Waals surface area contributed by atoms with Crippen LogP contribution < -0.4 is 10.1 Å². The maximum Gasteiger partial charge on any atom is 0.435 e. The van der Waals surface area contributed by atoms with E-state index in [0.717, 1.165) is 21.2 Å². The predicted molar refractivity (Wildman–Crippen MR) is 96.0 cm³/mol. The first-order valence-electron chi connectivity index (χ1n) is 8.08. The molecule has 0 bridgehead atoms. The molecule has 1 N–H and O–H groups in total. The van der Waals surface area contributed by atoms with Gasteiger partial charge in [-0.25, -0.2) is 4.98 Å². The number of nitrogens with zero attached hydrogens (tertiary/aromatic N) is 4. The zero-order valence-corrected chi connectivity index (χ0v) is 15.9. The molecule has 3 rings (SSSR count). The average Bonchev–Trinajstić information content (AvgIpc) is 3.28. The van der Waals surface area contributed by atoms with Gasteiger partial charge in [-0.3, -0.25) is 9.48 Å². The van der Waals surface area contributed by atoms with Crippen molar-refractivity contribution >= 4 is 17.4 Å². The van der Waals surface area contributed by atoms with E-state index in [1.54, 1.807) is 31.3 Å². The molecule has 0 spiro atoms. The number of pyridine rings is 1. The van der Waals surface area contributed by atoms with E-state index in [1.165, 1.54) is 25.7 Å². The minimum Gasteiger partial charge on any atom is -0.481 e. The van der Waals surface area contributed by atoms with Crippen molar-refractivity contribution in [3.8, 4) is 17.1 Å². The minimum absolute atomic E-state index is 0.178. The van der Waals surface area contributed by atoms with Crippen LogP contribution >= 0.6 is 11.5 Å². The third-order valence-electron chi connectivity index (χ3n) is 3.95. The lowest BCUT2D eigenvalue weighted by Gasteiger charge is -2.11. The second kappa shape index (κ2) is 7.58. The van der Waals surface area contributed by atoms with Crippen molar-refractivity contribution in [3.63, 3.8) is 0 Å². The molecule has 0 radical (unpaired) electrons. The number of carbonyl (C=O) groups excluding carboxylic acids is 1. The fourth-order valence-electron chi connectivity index (χ4n) is 2.47. The summed E-state index contributed by atoms with van der Waals surface area (Å²) < 4.78 is 48.6. The fraction of sp³-hybridized carbons (Fsp3) is 0.294. The summed E-state index contributed by atoms with van der Waals surface area (Å²) in [4.78, 5) is 17.2. The standard InChI is InChI=1S/C17H16F3N5O2S/c1-9(22-16(26)12-8-14(17(18,19)20)23-25(12)2)13-7-11(24-28-13)10-4-5-21-15(6-10)27-3/h4-9H,1-3H3,(H,22,26)/t9-/m0/s1. The van der Waals surface area contributed by atoms with Gasteiger partial charge in [0.1, 0.15) is 5.69 Å². The number of rotatable bonds is 5. The van der Waals surface area contributed by atoms with Gasteiger partial charge in [-0.2, -0.15) is 22.6 Å². The SMILES string of the molecule is COc1cc(-c2cc([C@H](C)NC(=O)c3cc(C(F)(F)F)nn3C)sn2)ccn1. The Labute approximate surface area is 162 Å². The Morgan fingerprint density at radius 3 is 2.71 bits per heavy atom. The normalized spacial score (nSPS) is 12.6. The van der Waals surface area contributed by atoms with E-state index >= 15 is 0 Å². The maximum atomic E-state index is 12.8. The molecule has 11 heteroatoms. The molecular formula is C17H16F3N5O2S. The van der Waals surface area contributed by atoms with Gasteiger partial charge < -0.3 is 10.1 Å². The summed E-state index contributed by atoms with van der Waals surface area (Å²) in [6, 6.07) is 5.58. The van der Waals surface area contributed by atoms with Crippen LogP contribution in [0.5, 0.6) is 5.88 Å². The second-order valence-electron chi connectivity index (χ2n) is 5.93. The molecule has 1 amide bonds. The molecule has 0 fully saturated rings. The van der Waals surface area contributed by atoms with Crippen molar-refractivity contribution in [1.82, 2.24) is 24.5 Å². The second-order valence-corrected chi connectivity index (χ2v) is 6.77. The van der Waals surface area contributed by atoms with Crippen LogP contribution in [0.4, 0.5) is 13.2 Å². The zero-order valence-electron chi connectivity index (χ0n) is 15.1. The number of halogens is 3. The van der Waals surface area contributed by atoms with Crippen molar-refractivity contribution in [1.29, 1.82) is 0 Å². The first-order chi connectivity index (χ1) is 13.2. The molecule has 28 heavy (non-hydrogen) atoms. The van der Waals surface area contributed by atoms with Gasteiger partial charge in [0.05, 0.1) is 18.8 Å². The molecule has 0 aliphatic carbocycles. The summed E-state index contributed by atoms with van der Waals surface area (Å²) in [5.74, 6) is -0.205. The van der Waals surface area contributed by atoms with E-state index < -0.39 is 23.8 Å². The minimum atomic E-state index is -4.61. The zero-order chi connectivity index (χ0) is 20.5. The van der Waals surface area contributed by atoms with Gasteiger partial charge in [0.25, 0.3) is 5.91 Å². The summed E-state index contributed by atoms with van der Waals surface area (Å²) in [6.45, 7) is 1.73. The number of amides is 1. The molecule has 3 aromatic rings. The Balaban J connectivity index is 1.75. The van der Waals surface area contributed by atoms with Crippen LogP contribution in [0.2, 0.25) is 0 Å². The first-order valence-corrected chi connectivity index (χ1v) is 8.85. The average molecular weight is 411 g/mol. The molecular weight excluding hydrogens is 395 g/mol. The van der Waals surface area contributed by atoms with E-state index in [0.29, 0.717) is 11.6 Å². The summed E-state index contributed by atoms with van der Waals surface area (Å²) in [7, 11) is 2.80. The van der Waals surface area contributed by atoms with Gasteiger partial charge >= 0.3 is 6.18 Å². The Kier molecular flexibility index (Phi) is 5.36. The number of aromatic nitrogens is 4. The Morgan fingerprint density at radius 1 is 1.32 bits per heavy atom. The summed E-state index contributed by atoms with van der Waals surface area (Å²) in [6.07, 6.45) is -3.01. The number of hydrogen-bond donors (Lipinski definition) is 1. The van der Waals surface area contributed by atoms with Crippen LogP contribution in [-0.2, 0) is 13.2 Å². The maximum absolute atomic E-state index is 12.8. The Morgan fingerprint density at radius 2 is 2.07 bits per heavy atom. The van der Waals surface area contributed by atoms with Crippen LogP contribution in [-0.4, -0.2) is 32.2 Å². The number of carbonyl (C=O) groups is 1. The fourth-order valence-corrected chi connectivity index (χ4v) is 3.21. The monoisotopic (exact) mass is 411 g/mol. The highest BCUT2D eigenvalue weighted by Gasteiger charge is 2.35. The molecule has 0 aliphatic rings. The van der Waals surface area contributed by atoms with Crippen molar-refractivity contribution in [3.05, 3.63) is 46.7 Å². The number of alkyl halides is 3. The molecule has 148 valence electrons. The number of nitrogens with one attached hydrogen (secondary N) is 1. The van der Waals surface area contributed by atoms with E-state index in [9.17, 15) is 18.0 Å².